The van der Waals surface area contributed by atoms with Gasteiger partial charge >= 0.3 is 12.1 Å². The predicted octanol–water partition coefficient (Wildman–Crippen LogP) is 11.2. The lowest BCUT2D eigenvalue weighted by molar-refractivity contribution is -0.438. The van der Waals surface area contributed by atoms with Gasteiger partial charge in [0.2, 0.25) is 11.6 Å². The summed E-state index contributed by atoms with van der Waals surface area (Å²) in [6.07, 6.45) is 12.3. The maximum absolute atomic E-state index is 13.0. The van der Waals surface area contributed by atoms with Gasteiger partial charge in [-0.2, -0.15) is 29.8 Å². The average molecular weight is 1220 g/mol. The summed E-state index contributed by atoms with van der Waals surface area (Å²) in [4.78, 5) is 39.5. The van der Waals surface area contributed by atoms with Crippen molar-refractivity contribution in [2.24, 2.45) is 0 Å². The number of carboxylic acids is 1. The highest BCUT2D eigenvalue weighted by atomic mass is 32.2. The lowest BCUT2D eigenvalue weighted by Gasteiger charge is -2.27. The molecule has 2 aliphatic heterocycles. The Morgan fingerprint density at radius 3 is 1.92 bits per heavy atom. The van der Waals surface area contributed by atoms with Gasteiger partial charge in [-0.15, -0.1) is 0 Å². The SMILES string of the molecule is CC(CCN1C(=CC=CC=CC2=[N+](CCCCCC(=O)NCCCC[C@H](NC(=O)OCC3c4ccccc4-c4ccccc43)C(=O)O)c3ccc4cc(S(=O)(=O)O)ccc4c3C2(C)C)C(C)(C)c2c1ccc1cc(S(=O)(=O)O)ccc21)S(=O)(=O)O. The van der Waals surface area contributed by atoms with Gasteiger partial charge in [0.25, 0.3) is 30.4 Å². The summed E-state index contributed by atoms with van der Waals surface area (Å²) in [5.74, 6) is -1.48. The second-order valence-electron chi connectivity index (χ2n) is 23.0. The van der Waals surface area contributed by atoms with Gasteiger partial charge < -0.3 is 25.4 Å². The Labute approximate surface area is 496 Å². The van der Waals surface area contributed by atoms with Crippen LogP contribution in [0.1, 0.15) is 114 Å². The summed E-state index contributed by atoms with van der Waals surface area (Å²) >= 11 is 0. The summed E-state index contributed by atoms with van der Waals surface area (Å²) in [6, 6.07) is 31.1. The molecule has 2 amide bonds. The van der Waals surface area contributed by atoms with E-state index in [-0.39, 0.29) is 54.0 Å². The van der Waals surface area contributed by atoms with Crippen LogP contribution in [-0.4, -0.2) is 110 Å². The molecular formula is C64H71N4O14S3+. The summed E-state index contributed by atoms with van der Waals surface area (Å²) in [7, 11) is -13.3. The van der Waals surface area contributed by atoms with Gasteiger partial charge in [-0.25, -0.2) is 9.59 Å². The van der Waals surface area contributed by atoms with E-state index in [0.29, 0.717) is 56.0 Å². The Balaban J connectivity index is 0.840. The van der Waals surface area contributed by atoms with Gasteiger partial charge in [-0.05, 0) is 151 Å². The molecule has 21 heteroatoms. The van der Waals surface area contributed by atoms with Crippen molar-refractivity contribution < 1.29 is 67.7 Å². The quantitative estimate of drug-likeness (QED) is 0.0142. The zero-order valence-electron chi connectivity index (χ0n) is 48.0. The number of fused-ring (bicyclic) bond motifs is 9. The summed E-state index contributed by atoms with van der Waals surface area (Å²) in [5.41, 5.74) is 8.28. The second kappa shape index (κ2) is 24.8. The van der Waals surface area contributed by atoms with Gasteiger partial charge in [-0.3, -0.25) is 18.5 Å². The number of alkyl carbamates (subject to hydrolysis) is 1. The monoisotopic (exact) mass is 1220 g/mol. The Bertz CT molecular complexity index is 4070. The van der Waals surface area contributed by atoms with Gasteiger partial charge in [-0.1, -0.05) is 98.8 Å². The van der Waals surface area contributed by atoms with Crippen molar-refractivity contribution in [2.75, 3.05) is 31.1 Å². The van der Waals surface area contributed by atoms with Gasteiger partial charge in [0.1, 0.15) is 19.2 Å². The molecule has 0 fully saturated rings. The van der Waals surface area contributed by atoms with Gasteiger partial charge in [0, 0.05) is 66.4 Å². The van der Waals surface area contributed by atoms with E-state index in [1.54, 1.807) is 18.2 Å². The number of rotatable bonds is 24. The van der Waals surface area contributed by atoms with Crippen LogP contribution in [0.5, 0.6) is 0 Å². The van der Waals surface area contributed by atoms with Crippen LogP contribution in [0.4, 0.5) is 16.2 Å². The number of unbranched alkanes of at least 4 members (excludes halogenated alkanes) is 3. The van der Waals surface area contributed by atoms with Crippen molar-refractivity contribution >= 4 is 87.0 Å². The number of hydrogen-bond donors (Lipinski definition) is 6. The first-order valence-electron chi connectivity index (χ1n) is 28.3. The highest BCUT2D eigenvalue weighted by molar-refractivity contribution is 7.86. The van der Waals surface area contributed by atoms with Gasteiger partial charge in [0.05, 0.1) is 20.5 Å². The third-order valence-electron chi connectivity index (χ3n) is 16.7. The number of hydrogen-bond acceptors (Lipinski definition) is 11. The molecule has 9 rings (SSSR count). The van der Waals surface area contributed by atoms with Crippen molar-refractivity contribution in [1.82, 2.24) is 10.6 Å². The molecule has 85 heavy (non-hydrogen) atoms. The molecule has 1 aliphatic carbocycles. The minimum absolute atomic E-state index is 0.0577. The maximum Gasteiger partial charge on any atom is 0.407 e. The maximum atomic E-state index is 13.0. The fourth-order valence-electron chi connectivity index (χ4n) is 12.3. The Kier molecular flexibility index (Phi) is 18.1. The van der Waals surface area contributed by atoms with Gasteiger partial charge in [0.15, 0.2) is 5.71 Å². The molecule has 0 saturated carbocycles. The standard InChI is InChI=1S/C64H70N4O14S3/c1-41(83(73,74)75)34-37-68-55-33-27-43-39-45(85(79,80)81)29-31-47(43)60(55)64(4,5)57(68)24-9-6-8-23-56-63(2,3)59-46-30-28-44(84(76,77)78)38-42(46)26-32-54(59)67(56)36-17-7-10-25-58(69)65-35-16-15-22-53(61(70)71)66-62(72)82-40-52-50-20-13-11-18-48(50)49-19-12-14-21-51(49)52/h6,8-9,11-14,18-21,23-24,26-33,38-39,41,52-53H,7,10,15-17,22,25,34-37,40H2,1-5H3,(H5-,65,66,69,70,71,72,73,74,75,76,77,78,79,80,81)/p+1/t41?,53-/m0/s1. The topological polar surface area (TPSA) is 274 Å². The minimum Gasteiger partial charge on any atom is -0.480 e. The number of nitrogens with one attached hydrogen (secondary N) is 2. The van der Waals surface area contributed by atoms with E-state index in [0.717, 1.165) is 66.9 Å². The molecule has 448 valence electrons. The molecule has 6 aromatic rings. The Morgan fingerprint density at radius 1 is 0.694 bits per heavy atom. The summed E-state index contributed by atoms with van der Waals surface area (Å²) < 4.78 is 110. The number of amides is 2. The molecule has 0 aromatic heterocycles. The number of carboxylic acid groups (broad SMARTS) is 1. The first-order valence-corrected chi connectivity index (χ1v) is 32.7. The second-order valence-corrected chi connectivity index (χ2v) is 27.7. The van der Waals surface area contributed by atoms with Crippen molar-refractivity contribution in [3.63, 3.8) is 0 Å². The normalized spacial score (nSPS) is 16.7. The van der Waals surface area contributed by atoms with Crippen molar-refractivity contribution in [2.45, 2.75) is 124 Å². The number of aliphatic carboxylic acids is 1. The molecule has 3 aliphatic rings. The largest absolute Gasteiger partial charge is 0.480 e. The van der Waals surface area contributed by atoms with Crippen molar-refractivity contribution in [3.8, 4) is 11.1 Å². The highest BCUT2D eigenvalue weighted by Gasteiger charge is 2.46. The van der Waals surface area contributed by atoms with Crippen molar-refractivity contribution in [1.29, 1.82) is 0 Å². The molecule has 6 aromatic carbocycles. The smallest absolute Gasteiger partial charge is 0.407 e. The highest BCUT2D eigenvalue weighted by Crippen LogP contribution is 2.52. The Hall–Kier alpha value is -7.53. The lowest BCUT2D eigenvalue weighted by atomic mass is 9.79. The molecule has 2 heterocycles. The third-order valence-corrected chi connectivity index (χ3v) is 19.6. The van der Waals surface area contributed by atoms with E-state index in [9.17, 15) is 58.4 Å². The number of anilines is 1. The number of carbonyl (C=O) groups excluding carboxylic acids is 2. The van der Waals surface area contributed by atoms with Crippen LogP contribution in [0.15, 0.2) is 155 Å². The van der Waals surface area contributed by atoms with Crippen LogP contribution in [-0.2, 0) is 55.5 Å². The van der Waals surface area contributed by atoms with E-state index < -0.39 is 64.5 Å². The molecule has 0 spiro atoms. The number of carbonyl (C=O) groups is 3. The molecule has 2 atom stereocenters. The number of ether oxygens (including phenoxy) is 1. The lowest BCUT2D eigenvalue weighted by Crippen LogP contribution is -2.41. The van der Waals surface area contributed by atoms with E-state index >= 15 is 0 Å². The zero-order valence-corrected chi connectivity index (χ0v) is 50.4. The number of allylic oxidation sites excluding steroid dienone is 6. The molecule has 0 bridgehead atoms. The van der Waals surface area contributed by atoms with E-state index in [4.69, 9.17) is 4.74 Å². The van der Waals surface area contributed by atoms with Crippen LogP contribution in [0.25, 0.3) is 32.7 Å². The van der Waals surface area contributed by atoms with Crippen LogP contribution < -0.4 is 15.5 Å². The zero-order chi connectivity index (χ0) is 61.2. The number of benzene rings is 6. The average Bonchev–Trinajstić information content (AvgIpc) is 1.65. The molecule has 0 radical (unpaired) electrons. The summed E-state index contributed by atoms with van der Waals surface area (Å²) in [6.45, 7) is 10.9. The first-order chi connectivity index (χ1) is 40.2. The third kappa shape index (κ3) is 13.3. The van der Waals surface area contributed by atoms with E-state index in [1.807, 2.05) is 116 Å². The molecule has 0 saturated heterocycles. The first kappa shape index (κ1) is 62.0. The van der Waals surface area contributed by atoms with Crippen LogP contribution in [0.3, 0.4) is 0 Å². The fourth-order valence-corrected chi connectivity index (χ4v) is 13.8. The fraction of sp³-hybridized carbons (Fsp3) is 0.344. The minimum atomic E-state index is -4.47. The van der Waals surface area contributed by atoms with Crippen LogP contribution in [0, 0.1) is 0 Å². The van der Waals surface area contributed by atoms with Crippen molar-refractivity contribution in [3.05, 3.63) is 168 Å². The molecule has 1 unspecified atom stereocenters. The number of nitrogens with zero attached hydrogens (tertiary/aromatic N) is 2. The van der Waals surface area contributed by atoms with Crippen LogP contribution >= 0.6 is 0 Å². The molecule has 18 nitrogen and oxygen atoms in total. The van der Waals surface area contributed by atoms with E-state index in [2.05, 4.69) is 29.1 Å². The van der Waals surface area contributed by atoms with E-state index in [1.165, 1.54) is 31.2 Å². The van der Waals surface area contributed by atoms with Crippen LogP contribution in [0.2, 0.25) is 0 Å². The predicted molar refractivity (Wildman–Crippen MR) is 328 cm³/mol. The Morgan fingerprint density at radius 2 is 1.31 bits per heavy atom. The molecule has 6 N–H and O–H groups in total. The molecular weight excluding hydrogens is 1140 g/mol. The summed E-state index contributed by atoms with van der Waals surface area (Å²) in [5, 5.41) is 17.1.